The maximum Gasteiger partial charge on any atom is 0.261 e. The zero-order valence-electron chi connectivity index (χ0n) is 13.3. The van der Waals surface area contributed by atoms with Crippen molar-refractivity contribution >= 4 is 5.91 Å². The molecule has 1 unspecified atom stereocenters. The first-order valence-electron chi connectivity index (χ1n) is 7.95. The maximum atomic E-state index is 12.3. The first kappa shape index (κ1) is 17.0. The van der Waals surface area contributed by atoms with Crippen molar-refractivity contribution in [1.82, 2.24) is 10.3 Å². The highest BCUT2D eigenvalue weighted by atomic mass is 16.2. The normalized spacial score (nSPS) is 11.9. The number of nitrogens with two attached hydrogens (primary N) is 1. The Bertz CT molecular complexity index is 695. The number of pyridine rings is 1. The van der Waals surface area contributed by atoms with Gasteiger partial charge in [-0.15, -0.1) is 0 Å². The predicted octanol–water partition coefficient (Wildman–Crippen LogP) is 2.29. The summed E-state index contributed by atoms with van der Waals surface area (Å²) in [7, 11) is 0. The number of H-pyrrole nitrogens is 1. The standard InChI is InChI=1S/C18H23N3O2/c1-2-3-9-14(12-19)20-17(22)15-10-11-16(21-18(15)23)13-7-5-4-6-8-13/h4-8,10-11,14H,2-3,9,12,19H2,1H3,(H,20,22)(H,21,23). The van der Waals surface area contributed by atoms with Crippen LogP contribution in [0.1, 0.15) is 36.5 Å². The molecule has 5 nitrogen and oxygen atoms in total. The number of carbonyl (C=O) groups excluding carboxylic acids is 1. The molecule has 1 aromatic carbocycles. The van der Waals surface area contributed by atoms with Crippen LogP contribution in [0, 0.1) is 0 Å². The van der Waals surface area contributed by atoms with Crippen LogP contribution in [0.4, 0.5) is 0 Å². The zero-order chi connectivity index (χ0) is 16.7. The minimum Gasteiger partial charge on any atom is -0.348 e. The molecule has 1 atom stereocenters. The van der Waals surface area contributed by atoms with Crippen molar-refractivity contribution in [3.63, 3.8) is 0 Å². The number of hydrogen-bond acceptors (Lipinski definition) is 3. The fraction of sp³-hybridized carbons (Fsp3) is 0.333. The molecule has 122 valence electrons. The summed E-state index contributed by atoms with van der Waals surface area (Å²) in [5, 5.41) is 2.83. The Morgan fingerprint density at radius 1 is 1.22 bits per heavy atom. The summed E-state index contributed by atoms with van der Waals surface area (Å²) in [6.07, 6.45) is 2.85. The average Bonchev–Trinajstić information content (AvgIpc) is 2.59. The average molecular weight is 313 g/mol. The van der Waals surface area contributed by atoms with E-state index in [0.717, 1.165) is 24.8 Å². The summed E-state index contributed by atoms with van der Waals surface area (Å²) in [5.41, 5.74) is 6.99. The first-order valence-corrected chi connectivity index (χ1v) is 7.95. The molecule has 23 heavy (non-hydrogen) atoms. The zero-order valence-corrected chi connectivity index (χ0v) is 13.3. The van der Waals surface area contributed by atoms with Crippen LogP contribution < -0.4 is 16.6 Å². The first-order chi connectivity index (χ1) is 11.2. The summed E-state index contributed by atoms with van der Waals surface area (Å²) < 4.78 is 0. The fourth-order valence-electron chi connectivity index (χ4n) is 2.40. The van der Waals surface area contributed by atoms with Crippen molar-refractivity contribution in [3.8, 4) is 11.3 Å². The molecule has 0 radical (unpaired) electrons. The number of hydrogen-bond donors (Lipinski definition) is 3. The van der Waals surface area contributed by atoms with Crippen LogP contribution in [0.3, 0.4) is 0 Å². The lowest BCUT2D eigenvalue weighted by molar-refractivity contribution is 0.0934. The van der Waals surface area contributed by atoms with E-state index in [0.29, 0.717) is 12.2 Å². The van der Waals surface area contributed by atoms with Gasteiger partial charge in [0.05, 0.1) is 0 Å². The lowest BCUT2D eigenvalue weighted by Crippen LogP contribution is -2.41. The Balaban J connectivity index is 2.14. The topological polar surface area (TPSA) is 88.0 Å². The van der Waals surface area contributed by atoms with Crippen LogP contribution in [0.25, 0.3) is 11.3 Å². The molecule has 1 aromatic heterocycles. The van der Waals surface area contributed by atoms with Crippen LogP contribution in [0.5, 0.6) is 0 Å². The smallest absolute Gasteiger partial charge is 0.261 e. The fourth-order valence-corrected chi connectivity index (χ4v) is 2.40. The molecule has 0 aliphatic carbocycles. The molecule has 1 amide bonds. The molecule has 2 aromatic rings. The molecule has 0 saturated carbocycles. The third-order valence-electron chi connectivity index (χ3n) is 3.76. The van der Waals surface area contributed by atoms with Gasteiger partial charge in [0.25, 0.3) is 11.5 Å². The Kier molecular flexibility index (Phi) is 6.11. The van der Waals surface area contributed by atoms with E-state index >= 15 is 0 Å². The monoisotopic (exact) mass is 313 g/mol. The van der Waals surface area contributed by atoms with Gasteiger partial charge in [-0.05, 0) is 24.1 Å². The van der Waals surface area contributed by atoms with Gasteiger partial charge < -0.3 is 16.0 Å². The molecule has 0 bridgehead atoms. The van der Waals surface area contributed by atoms with Crippen molar-refractivity contribution in [2.45, 2.75) is 32.2 Å². The predicted molar refractivity (Wildman–Crippen MR) is 92.3 cm³/mol. The van der Waals surface area contributed by atoms with Gasteiger partial charge in [0.2, 0.25) is 0 Å². The van der Waals surface area contributed by atoms with Crippen molar-refractivity contribution in [1.29, 1.82) is 0 Å². The van der Waals surface area contributed by atoms with E-state index in [9.17, 15) is 9.59 Å². The molecule has 2 rings (SSSR count). The van der Waals surface area contributed by atoms with E-state index in [1.165, 1.54) is 0 Å². The summed E-state index contributed by atoms with van der Waals surface area (Å²) >= 11 is 0. The highest BCUT2D eigenvalue weighted by Crippen LogP contribution is 2.14. The van der Waals surface area contributed by atoms with E-state index in [1.54, 1.807) is 12.1 Å². The van der Waals surface area contributed by atoms with Crippen molar-refractivity contribution in [2.75, 3.05) is 6.54 Å². The van der Waals surface area contributed by atoms with E-state index < -0.39 is 5.56 Å². The van der Waals surface area contributed by atoms with Gasteiger partial charge >= 0.3 is 0 Å². The minimum atomic E-state index is -0.393. The van der Waals surface area contributed by atoms with Gasteiger partial charge in [0.1, 0.15) is 5.56 Å². The van der Waals surface area contributed by atoms with Crippen LogP contribution in [-0.2, 0) is 0 Å². The maximum absolute atomic E-state index is 12.3. The Morgan fingerprint density at radius 3 is 2.57 bits per heavy atom. The van der Waals surface area contributed by atoms with Crippen LogP contribution in [0.2, 0.25) is 0 Å². The van der Waals surface area contributed by atoms with Gasteiger partial charge in [-0.2, -0.15) is 0 Å². The molecular formula is C18H23N3O2. The summed E-state index contributed by atoms with van der Waals surface area (Å²) in [4.78, 5) is 27.2. The van der Waals surface area contributed by atoms with Crippen LogP contribution in [0.15, 0.2) is 47.3 Å². The van der Waals surface area contributed by atoms with Crippen molar-refractivity contribution in [2.24, 2.45) is 5.73 Å². The second-order valence-corrected chi connectivity index (χ2v) is 5.53. The van der Waals surface area contributed by atoms with Crippen LogP contribution >= 0.6 is 0 Å². The summed E-state index contributed by atoms with van der Waals surface area (Å²) in [5.74, 6) is -0.377. The molecular weight excluding hydrogens is 290 g/mol. The van der Waals surface area contributed by atoms with Gasteiger partial charge in [-0.3, -0.25) is 9.59 Å². The molecule has 0 spiro atoms. The largest absolute Gasteiger partial charge is 0.348 e. The van der Waals surface area contributed by atoms with E-state index in [1.807, 2.05) is 30.3 Å². The number of aromatic nitrogens is 1. The second kappa shape index (κ2) is 8.29. The number of rotatable bonds is 7. The van der Waals surface area contributed by atoms with E-state index in [-0.39, 0.29) is 17.5 Å². The molecule has 4 N–H and O–H groups in total. The number of amides is 1. The lowest BCUT2D eigenvalue weighted by Gasteiger charge is -2.16. The number of carbonyl (C=O) groups is 1. The molecule has 0 aliphatic heterocycles. The Morgan fingerprint density at radius 2 is 1.96 bits per heavy atom. The van der Waals surface area contributed by atoms with E-state index in [4.69, 9.17) is 5.73 Å². The molecule has 1 heterocycles. The van der Waals surface area contributed by atoms with Gasteiger partial charge in [0, 0.05) is 18.3 Å². The molecule has 0 saturated heterocycles. The number of nitrogens with one attached hydrogen (secondary N) is 2. The summed E-state index contributed by atoms with van der Waals surface area (Å²) in [6.45, 7) is 2.45. The third-order valence-corrected chi connectivity index (χ3v) is 3.76. The number of aromatic amines is 1. The molecule has 5 heteroatoms. The van der Waals surface area contributed by atoms with Crippen LogP contribution in [-0.4, -0.2) is 23.5 Å². The SMILES string of the molecule is CCCCC(CN)NC(=O)c1ccc(-c2ccccc2)[nH]c1=O. The van der Waals surface area contributed by atoms with Gasteiger partial charge in [-0.1, -0.05) is 50.1 Å². The Hall–Kier alpha value is -2.40. The highest BCUT2D eigenvalue weighted by Gasteiger charge is 2.15. The van der Waals surface area contributed by atoms with Gasteiger partial charge in [-0.25, -0.2) is 0 Å². The highest BCUT2D eigenvalue weighted by molar-refractivity contribution is 5.94. The van der Waals surface area contributed by atoms with Crippen molar-refractivity contribution < 1.29 is 4.79 Å². The summed E-state index contributed by atoms with van der Waals surface area (Å²) in [6, 6.07) is 12.7. The third kappa shape index (κ3) is 4.53. The number of unbranched alkanes of at least 4 members (excludes halogenated alkanes) is 1. The van der Waals surface area contributed by atoms with E-state index in [2.05, 4.69) is 17.2 Å². The quantitative estimate of drug-likeness (QED) is 0.733. The Labute approximate surface area is 135 Å². The van der Waals surface area contributed by atoms with Crippen molar-refractivity contribution in [3.05, 3.63) is 58.4 Å². The number of benzene rings is 1. The molecule has 0 fully saturated rings. The second-order valence-electron chi connectivity index (χ2n) is 5.53. The minimum absolute atomic E-state index is 0.101. The lowest BCUT2D eigenvalue weighted by atomic mass is 10.1. The molecule has 0 aliphatic rings. The van der Waals surface area contributed by atoms with Gasteiger partial charge in [0.15, 0.2) is 0 Å².